The number of halogens is 2. The number of amides is 2. The van der Waals surface area contributed by atoms with Crippen molar-refractivity contribution in [1.29, 1.82) is 0 Å². The van der Waals surface area contributed by atoms with Crippen molar-refractivity contribution in [1.82, 2.24) is 10.6 Å². The van der Waals surface area contributed by atoms with Crippen LogP contribution in [0.5, 0.6) is 0 Å². The Kier molecular flexibility index (Phi) is 15.8. The van der Waals surface area contributed by atoms with Crippen LogP contribution in [0.3, 0.4) is 0 Å². The van der Waals surface area contributed by atoms with E-state index in [4.69, 9.17) is 23.2 Å². The number of nitrogens with one attached hydrogen (secondary N) is 2. The van der Waals surface area contributed by atoms with Crippen molar-refractivity contribution in [2.24, 2.45) is 0 Å². The van der Waals surface area contributed by atoms with Crippen LogP contribution in [-0.4, -0.2) is 59.7 Å². The average molecular weight is 361 g/mol. The Labute approximate surface area is 139 Å². The molecule has 0 heterocycles. The molecule has 2 N–H and O–H groups in total. The zero-order valence-corrected chi connectivity index (χ0v) is 14.6. The van der Waals surface area contributed by atoms with Crippen LogP contribution in [-0.2, 0) is 9.59 Å². The van der Waals surface area contributed by atoms with Gasteiger partial charge in [0.25, 0.3) is 0 Å². The van der Waals surface area contributed by atoms with Crippen molar-refractivity contribution in [3.63, 3.8) is 0 Å². The molecule has 0 saturated heterocycles. The number of thioether (sulfide) groups is 2. The van der Waals surface area contributed by atoms with Gasteiger partial charge in [-0.1, -0.05) is 0 Å². The van der Waals surface area contributed by atoms with Gasteiger partial charge in [0, 0.05) is 36.4 Å². The SMILES string of the molecule is O=C(CSCCCl)NCCCCNC(=O)CSCCCl. The van der Waals surface area contributed by atoms with Gasteiger partial charge >= 0.3 is 0 Å². The number of carbonyl (C=O) groups is 2. The predicted octanol–water partition coefficient (Wildman–Crippen LogP) is 1.94. The summed E-state index contributed by atoms with van der Waals surface area (Å²) in [7, 11) is 0. The highest BCUT2D eigenvalue weighted by Crippen LogP contribution is 2.00. The molecule has 0 atom stereocenters. The second kappa shape index (κ2) is 15.6. The number of hydrogen-bond donors (Lipinski definition) is 2. The fourth-order valence-corrected chi connectivity index (χ4v) is 2.98. The summed E-state index contributed by atoms with van der Waals surface area (Å²) >= 11 is 14.1. The molecule has 0 rings (SSSR count). The first-order valence-corrected chi connectivity index (χ1v) is 9.89. The van der Waals surface area contributed by atoms with Gasteiger partial charge < -0.3 is 10.6 Å². The van der Waals surface area contributed by atoms with Crippen molar-refractivity contribution in [3.8, 4) is 0 Å². The fourth-order valence-electron chi connectivity index (χ4n) is 1.25. The third-order valence-corrected chi connectivity index (χ3v) is 4.90. The van der Waals surface area contributed by atoms with Gasteiger partial charge in [0.15, 0.2) is 0 Å². The summed E-state index contributed by atoms with van der Waals surface area (Å²) in [5.41, 5.74) is 0. The van der Waals surface area contributed by atoms with Gasteiger partial charge in [-0.25, -0.2) is 0 Å². The third-order valence-electron chi connectivity index (χ3n) is 2.16. The van der Waals surface area contributed by atoms with Crippen LogP contribution in [0.25, 0.3) is 0 Å². The molecule has 4 nitrogen and oxygen atoms in total. The Balaban J connectivity index is 3.27. The topological polar surface area (TPSA) is 58.2 Å². The van der Waals surface area contributed by atoms with E-state index in [-0.39, 0.29) is 11.8 Å². The van der Waals surface area contributed by atoms with E-state index in [2.05, 4.69) is 10.6 Å². The standard InChI is InChI=1S/C12H22Cl2N2O2S2/c13-3-7-19-9-11(17)15-5-1-2-6-16-12(18)10-20-8-4-14/h1-10H2,(H,15,17)(H,16,18). The lowest BCUT2D eigenvalue weighted by Crippen LogP contribution is -2.29. The predicted molar refractivity (Wildman–Crippen MR) is 91.3 cm³/mol. The smallest absolute Gasteiger partial charge is 0.229 e. The van der Waals surface area contributed by atoms with Crippen molar-refractivity contribution in [2.75, 3.05) is 47.9 Å². The molecule has 8 heteroatoms. The van der Waals surface area contributed by atoms with E-state index in [1.165, 1.54) is 23.5 Å². The molecule has 0 spiro atoms. The quantitative estimate of drug-likeness (QED) is 0.389. The van der Waals surface area contributed by atoms with Gasteiger partial charge in [0.1, 0.15) is 0 Å². The molecule has 0 aliphatic rings. The van der Waals surface area contributed by atoms with Crippen LogP contribution in [0.2, 0.25) is 0 Å². The lowest BCUT2D eigenvalue weighted by Gasteiger charge is -2.06. The molecule has 0 radical (unpaired) electrons. The molecule has 0 fully saturated rings. The van der Waals surface area contributed by atoms with E-state index in [1.807, 2.05) is 0 Å². The number of carbonyl (C=O) groups excluding carboxylic acids is 2. The highest BCUT2D eigenvalue weighted by atomic mass is 35.5. The zero-order valence-electron chi connectivity index (χ0n) is 11.5. The van der Waals surface area contributed by atoms with Gasteiger partial charge in [0.2, 0.25) is 11.8 Å². The molecule has 118 valence electrons. The minimum Gasteiger partial charge on any atom is -0.355 e. The number of hydrogen-bond acceptors (Lipinski definition) is 4. The summed E-state index contributed by atoms with van der Waals surface area (Å²) in [6.07, 6.45) is 1.72. The molecule has 0 aliphatic heterocycles. The van der Waals surface area contributed by atoms with Gasteiger partial charge in [-0.3, -0.25) is 9.59 Å². The monoisotopic (exact) mass is 360 g/mol. The fraction of sp³-hybridized carbons (Fsp3) is 0.833. The summed E-state index contributed by atoms with van der Waals surface area (Å²) in [5.74, 6) is 3.73. The maximum Gasteiger partial charge on any atom is 0.229 e. The molecular weight excluding hydrogens is 339 g/mol. The van der Waals surface area contributed by atoms with Crippen LogP contribution < -0.4 is 10.6 Å². The van der Waals surface area contributed by atoms with Crippen LogP contribution in [0.4, 0.5) is 0 Å². The molecule has 0 saturated carbocycles. The number of unbranched alkanes of at least 4 members (excludes halogenated alkanes) is 1. The largest absolute Gasteiger partial charge is 0.355 e. The third kappa shape index (κ3) is 14.6. The normalized spacial score (nSPS) is 10.3. The molecule has 0 unspecified atom stereocenters. The number of rotatable bonds is 13. The highest BCUT2D eigenvalue weighted by molar-refractivity contribution is 8.00. The molecule has 0 aliphatic carbocycles. The van der Waals surface area contributed by atoms with Crippen LogP contribution in [0, 0.1) is 0 Å². The van der Waals surface area contributed by atoms with Gasteiger partial charge in [-0.2, -0.15) is 23.5 Å². The molecule has 0 aromatic heterocycles. The average Bonchev–Trinajstić information content (AvgIpc) is 2.43. The Morgan fingerprint density at radius 3 is 1.55 bits per heavy atom. The van der Waals surface area contributed by atoms with E-state index in [0.29, 0.717) is 36.4 Å². The van der Waals surface area contributed by atoms with E-state index in [9.17, 15) is 9.59 Å². The molecule has 20 heavy (non-hydrogen) atoms. The Morgan fingerprint density at radius 2 is 1.20 bits per heavy atom. The zero-order chi connectivity index (χ0) is 15.1. The maximum atomic E-state index is 11.3. The van der Waals surface area contributed by atoms with Gasteiger partial charge in [-0.05, 0) is 12.8 Å². The first kappa shape index (κ1) is 20.2. The van der Waals surface area contributed by atoms with Crippen LogP contribution in [0.1, 0.15) is 12.8 Å². The number of alkyl halides is 2. The lowest BCUT2D eigenvalue weighted by atomic mass is 10.3. The summed E-state index contributed by atoms with van der Waals surface area (Å²) in [6.45, 7) is 1.30. The molecular formula is C12H22Cl2N2O2S2. The summed E-state index contributed by atoms with van der Waals surface area (Å²) in [5, 5.41) is 5.67. The van der Waals surface area contributed by atoms with Crippen LogP contribution in [0.15, 0.2) is 0 Å². The van der Waals surface area contributed by atoms with Crippen molar-refractivity contribution in [2.45, 2.75) is 12.8 Å². The molecule has 2 amide bonds. The van der Waals surface area contributed by atoms with Gasteiger partial charge in [0.05, 0.1) is 11.5 Å². The molecule has 0 aromatic rings. The minimum atomic E-state index is 0.0432. The lowest BCUT2D eigenvalue weighted by molar-refractivity contribution is -0.119. The molecule has 0 bridgehead atoms. The van der Waals surface area contributed by atoms with E-state index >= 15 is 0 Å². The summed E-state index contributed by atoms with van der Waals surface area (Å²) in [6, 6.07) is 0. The first-order valence-electron chi connectivity index (χ1n) is 6.51. The highest BCUT2D eigenvalue weighted by Gasteiger charge is 2.01. The van der Waals surface area contributed by atoms with Crippen molar-refractivity contribution < 1.29 is 9.59 Å². The maximum absolute atomic E-state index is 11.3. The second-order valence-electron chi connectivity index (χ2n) is 3.89. The van der Waals surface area contributed by atoms with Gasteiger partial charge in [-0.15, -0.1) is 23.2 Å². The second-order valence-corrected chi connectivity index (χ2v) is 6.86. The summed E-state index contributed by atoms with van der Waals surface area (Å²) < 4.78 is 0. The Morgan fingerprint density at radius 1 is 0.800 bits per heavy atom. The van der Waals surface area contributed by atoms with E-state index in [1.54, 1.807) is 0 Å². The Hall–Kier alpha value is 0.220. The first-order chi connectivity index (χ1) is 9.70. The van der Waals surface area contributed by atoms with Crippen LogP contribution >= 0.6 is 46.7 Å². The van der Waals surface area contributed by atoms with Crippen molar-refractivity contribution in [3.05, 3.63) is 0 Å². The Bertz CT molecular complexity index is 246. The van der Waals surface area contributed by atoms with E-state index < -0.39 is 0 Å². The van der Waals surface area contributed by atoms with E-state index in [0.717, 1.165) is 24.3 Å². The summed E-state index contributed by atoms with van der Waals surface area (Å²) in [4.78, 5) is 22.7. The van der Waals surface area contributed by atoms with Crippen molar-refractivity contribution >= 4 is 58.5 Å². The molecule has 0 aromatic carbocycles. The minimum absolute atomic E-state index is 0.0432.